The largest absolute Gasteiger partial charge is 0.328 e. The van der Waals surface area contributed by atoms with E-state index in [0.29, 0.717) is 34.4 Å². The van der Waals surface area contributed by atoms with Crippen LogP contribution < -0.4 is 5.32 Å². The number of aromatic nitrogens is 3. The van der Waals surface area contributed by atoms with E-state index in [9.17, 15) is 13.6 Å². The van der Waals surface area contributed by atoms with Crippen LogP contribution in [0.1, 0.15) is 36.4 Å². The number of anilines is 1. The Morgan fingerprint density at radius 1 is 1.10 bits per heavy atom. The summed E-state index contributed by atoms with van der Waals surface area (Å²) >= 11 is 1.41. The predicted octanol–water partition coefficient (Wildman–Crippen LogP) is 4.87. The summed E-state index contributed by atoms with van der Waals surface area (Å²) in [5.41, 5.74) is 2.72. The molecule has 0 saturated carbocycles. The third-order valence-electron chi connectivity index (χ3n) is 5.33. The van der Waals surface area contributed by atoms with E-state index >= 15 is 0 Å². The fraction of sp³-hybridized carbons (Fsp3) is 0.227. The molecule has 8 heteroatoms. The van der Waals surface area contributed by atoms with Crippen LogP contribution in [0.4, 0.5) is 14.7 Å². The highest BCUT2D eigenvalue weighted by Gasteiger charge is 2.37. The quantitative estimate of drug-likeness (QED) is 0.606. The van der Waals surface area contributed by atoms with Crippen LogP contribution in [0.2, 0.25) is 0 Å². The van der Waals surface area contributed by atoms with Crippen LogP contribution in [-0.2, 0) is 10.5 Å². The third kappa shape index (κ3) is 3.41. The Balaban J connectivity index is 1.51. The first-order valence-corrected chi connectivity index (χ1v) is 10.7. The van der Waals surface area contributed by atoms with Crippen LogP contribution in [0.25, 0.3) is 0 Å². The second-order valence-electron chi connectivity index (χ2n) is 7.30. The Morgan fingerprint density at radius 2 is 1.90 bits per heavy atom. The van der Waals surface area contributed by atoms with Gasteiger partial charge < -0.3 is 5.32 Å². The minimum absolute atomic E-state index is 0.0127. The lowest BCUT2D eigenvalue weighted by Crippen LogP contribution is -2.32. The van der Waals surface area contributed by atoms with Crippen LogP contribution in [0.5, 0.6) is 0 Å². The number of Topliss-reactive ketones (excluding diaryl/α,β-unsaturated/α-hetero) is 1. The number of fused-ring (bicyclic) bond motifs is 1. The number of nitrogens with zero attached hydrogens (tertiary/aromatic N) is 3. The van der Waals surface area contributed by atoms with Gasteiger partial charge in [0.2, 0.25) is 11.1 Å². The molecule has 1 N–H and O–H groups in total. The summed E-state index contributed by atoms with van der Waals surface area (Å²) < 4.78 is 29.4. The second-order valence-corrected chi connectivity index (χ2v) is 8.24. The standard InChI is InChI=1S/C22H18F2N4OS/c23-14-10-8-13(9-11-14)12-30-22-26-21-25-17-6-3-7-18(29)19(17)20(28(21)27-22)15-4-1-2-5-16(15)24/h1-2,4-5,8-11,20H,3,6-7,12H2,(H,25,26,27)/t20-/m0/s1. The van der Waals surface area contributed by atoms with Gasteiger partial charge in [0.1, 0.15) is 17.7 Å². The van der Waals surface area contributed by atoms with E-state index in [1.54, 1.807) is 35.0 Å². The summed E-state index contributed by atoms with van der Waals surface area (Å²) in [7, 11) is 0. The van der Waals surface area contributed by atoms with Crippen LogP contribution in [0, 0.1) is 11.6 Å². The molecular weight excluding hydrogens is 406 g/mol. The van der Waals surface area contributed by atoms with Crippen molar-refractivity contribution in [2.45, 2.75) is 36.2 Å². The molecule has 0 amide bonds. The Labute approximate surface area is 176 Å². The number of hydrogen-bond acceptors (Lipinski definition) is 5. The van der Waals surface area contributed by atoms with E-state index in [1.807, 2.05) is 0 Å². The highest BCUT2D eigenvalue weighted by molar-refractivity contribution is 7.98. The molecule has 152 valence electrons. The highest BCUT2D eigenvalue weighted by Crippen LogP contribution is 2.41. The maximum atomic E-state index is 14.7. The molecule has 0 fully saturated rings. The molecule has 1 aromatic heterocycles. The fourth-order valence-electron chi connectivity index (χ4n) is 3.91. The van der Waals surface area contributed by atoms with Gasteiger partial charge in [0, 0.05) is 29.0 Å². The molecule has 5 nitrogen and oxygen atoms in total. The molecule has 0 saturated heterocycles. The molecule has 0 spiro atoms. The van der Waals surface area contributed by atoms with Crippen LogP contribution >= 0.6 is 11.8 Å². The molecule has 0 bridgehead atoms. The van der Waals surface area contributed by atoms with E-state index < -0.39 is 6.04 Å². The topological polar surface area (TPSA) is 59.8 Å². The lowest BCUT2D eigenvalue weighted by atomic mass is 9.85. The molecule has 2 aliphatic rings. The number of rotatable bonds is 4. The number of benzene rings is 2. The lowest BCUT2D eigenvalue weighted by Gasteiger charge is -2.32. The zero-order valence-corrected chi connectivity index (χ0v) is 16.8. The monoisotopic (exact) mass is 424 g/mol. The molecule has 30 heavy (non-hydrogen) atoms. The van der Waals surface area contributed by atoms with Gasteiger partial charge in [-0.05, 0) is 36.6 Å². The second kappa shape index (κ2) is 7.68. The van der Waals surface area contributed by atoms with Crippen molar-refractivity contribution in [3.8, 4) is 0 Å². The van der Waals surface area contributed by atoms with Gasteiger partial charge in [0.25, 0.3) is 0 Å². The van der Waals surface area contributed by atoms with Crippen LogP contribution in [-0.4, -0.2) is 20.5 Å². The number of hydrogen-bond donors (Lipinski definition) is 1. The van der Waals surface area contributed by atoms with Gasteiger partial charge in [0.15, 0.2) is 5.78 Å². The van der Waals surface area contributed by atoms with Crippen molar-refractivity contribution in [2.24, 2.45) is 0 Å². The van der Waals surface area contributed by atoms with Crippen molar-refractivity contribution in [3.63, 3.8) is 0 Å². The number of thioether (sulfide) groups is 1. The van der Waals surface area contributed by atoms with E-state index in [2.05, 4.69) is 15.4 Å². The minimum Gasteiger partial charge on any atom is -0.328 e. The first kappa shape index (κ1) is 19.0. The normalized spacial score (nSPS) is 18.1. The van der Waals surface area contributed by atoms with Gasteiger partial charge in [-0.3, -0.25) is 4.79 Å². The predicted molar refractivity (Wildman–Crippen MR) is 110 cm³/mol. The van der Waals surface area contributed by atoms with Gasteiger partial charge in [-0.15, -0.1) is 5.10 Å². The van der Waals surface area contributed by atoms with E-state index in [1.165, 1.54) is 30.0 Å². The Hall–Kier alpha value is -3.00. The molecular formula is C22H18F2N4OS. The van der Waals surface area contributed by atoms with E-state index in [0.717, 1.165) is 24.1 Å². The van der Waals surface area contributed by atoms with Crippen molar-refractivity contribution in [3.05, 3.63) is 82.6 Å². The summed E-state index contributed by atoms with van der Waals surface area (Å²) in [6.45, 7) is 0. The SMILES string of the molecule is O=C1CCCC2=C1[C@H](c1ccccc1F)n1nc(SCc3ccc(F)cc3)nc1N2. The zero-order valence-electron chi connectivity index (χ0n) is 15.9. The summed E-state index contributed by atoms with van der Waals surface area (Å²) in [6, 6.07) is 12.1. The number of halogens is 2. The van der Waals surface area contributed by atoms with Gasteiger partial charge in [-0.25, -0.2) is 13.5 Å². The molecule has 2 heterocycles. The van der Waals surface area contributed by atoms with Gasteiger partial charge in [0.05, 0.1) is 0 Å². The average molecular weight is 424 g/mol. The Morgan fingerprint density at radius 3 is 2.70 bits per heavy atom. The molecule has 5 rings (SSSR count). The van der Waals surface area contributed by atoms with Crippen molar-refractivity contribution in [1.82, 2.24) is 14.8 Å². The molecule has 1 atom stereocenters. The maximum Gasteiger partial charge on any atom is 0.227 e. The summed E-state index contributed by atoms with van der Waals surface area (Å²) in [6.07, 6.45) is 1.92. The number of ketones is 1. The van der Waals surface area contributed by atoms with Crippen molar-refractivity contribution in [1.29, 1.82) is 0 Å². The molecule has 1 aliphatic carbocycles. The smallest absolute Gasteiger partial charge is 0.227 e. The van der Waals surface area contributed by atoms with E-state index in [-0.39, 0.29) is 17.4 Å². The fourth-order valence-corrected chi connectivity index (χ4v) is 4.70. The average Bonchev–Trinajstić information content (AvgIpc) is 3.15. The Kier molecular flexibility index (Phi) is 4.86. The number of allylic oxidation sites excluding steroid dienone is 2. The first-order valence-electron chi connectivity index (χ1n) is 9.71. The molecule has 2 aromatic carbocycles. The molecule has 0 unspecified atom stereocenters. The summed E-state index contributed by atoms with van der Waals surface area (Å²) in [4.78, 5) is 17.3. The molecule has 3 aromatic rings. The highest BCUT2D eigenvalue weighted by atomic mass is 32.2. The van der Waals surface area contributed by atoms with Gasteiger partial charge in [-0.1, -0.05) is 42.1 Å². The van der Waals surface area contributed by atoms with Crippen molar-refractivity contribution in [2.75, 3.05) is 5.32 Å². The summed E-state index contributed by atoms with van der Waals surface area (Å²) in [5.74, 6) is 0.423. The van der Waals surface area contributed by atoms with E-state index in [4.69, 9.17) is 0 Å². The van der Waals surface area contributed by atoms with Crippen LogP contribution in [0.15, 0.2) is 65.0 Å². The minimum atomic E-state index is -0.641. The van der Waals surface area contributed by atoms with Crippen molar-refractivity contribution < 1.29 is 13.6 Å². The molecule has 1 aliphatic heterocycles. The summed E-state index contributed by atoms with van der Waals surface area (Å²) in [5, 5.41) is 8.33. The maximum absolute atomic E-state index is 14.7. The third-order valence-corrected chi connectivity index (χ3v) is 6.24. The van der Waals surface area contributed by atoms with Crippen molar-refractivity contribution >= 4 is 23.5 Å². The number of carbonyl (C=O) groups is 1. The number of carbonyl (C=O) groups excluding carboxylic acids is 1. The zero-order chi connectivity index (χ0) is 20.7. The first-order chi connectivity index (χ1) is 14.6. The number of nitrogens with one attached hydrogen (secondary N) is 1. The Bertz CT molecular complexity index is 1160. The lowest BCUT2D eigenvalue weighted by molar-refractivity contribution is -0.116. The molecule has 0 radical (unpaired) electrons. The van der Waals surface area contributed by atoms with Gasteiger partial charge >= 0.3 is 0 Å². The van der Waals surface area contributed by atoms with Gasteiger partial charge in [-0.2, -0.15) is 4.98 Å². The van der Waals surface area contributed by atoms with Crippen LogP contribution in [0.3, 0.4) is 0 Å².